The van der Waals surface area contributed by atoms with Crippen LogP contribution in [0.3, 0.4) is 0 Å². The Balaban J connectivity index is 1.34. The molecule has 4 aromatic rings. The van der Waals surface area contributed by atoms with E-state index in [4.69, 9.17) is 4.74 Å². The van der Waals surface area contributed by atoms with Gasteiger partial charge in [0.15, 0.2) is 0 Å². The van der Waals surface area contributed by atoms with Gasteiger partial charge in [0.1, 0.15) is 23.3 Å². The van der Waals surface area contributed by atoms with Crippen molar-refractivity contribution in [2.24, 2.45) is 4.99 Å². The number of carbonyl (C=O) groups excluding carboxylic acids is 1. The van der Waals surface area contributed by atoms with Gasteiger partial charge in [-0.15, -0.1) is 0 Å². The molecule has 0 saturated heterocycles. The summed E-state index contributed by atoms with van der Waals surface area (Å²) in [5.41, 5.74) is 0.208. The van der Waals surface area contributed by atoms with E-state index in [-0.39, 0.29) is 29.7 Å². The molecule has 3 aromatic carbocycles. The second-order valence-corrected chi connectivity index (χ2v) is 10.9. The Morgan fingerprint density at radius 3 is 2.40 bits per heavy atom. The van der Waals surface area contributed by atoms with Crippen LogP contribution in [0.1, 0.15) is 16.7 Å². The van der Waals surface area contributed by atoms with Gasteiger partial charge in [-0.1, -0.05) is 42.5 Å². The van der Waals surface area contributed by atoms with Gasteiger partial charge in [-0.05, 0) is 53.6 Å². The predicted molar refractivity (Wildman–Crippen MR) is 139 cm³/mol. The van der Waals surface area contributed by atoms with Gasteiger partial charge < -0.3 is 10.1 Å². The molecule has 0 bridgehead atoms. The number of hydrogen-bond acceptors (Lipinski definition) is 6. The first-order valence-corrected chi connectivity index (χ1v) is 13.6. The topological polar surface area (TPSA) is 97.7 Å². The van der Waals surface area contributed by atoms with Crippen molar-refractivity contribution in [1.82, 2.24) is 10.3 Å². The fraction of sp³-hybridized carbons (Fsp3) is 0.138. The highest BCUT2D eigenvalue weighted by molar-refractivity contribution is 7.91. The van der Waals surface area contributed by atoms with E-state index in [1.54, 1.807) is 54.9 Å². The van der Waals surface area contributed by atoms with Crippen LogP contribution in [-0.2, 0) is 34.0 Å². The smallest absolute Gasteiger partial charge is 0.416 e. The molecule has 1 N–H and O–H groups in total. The lowest BCUT2D eigenvalue weighted by atomic mass is 10.2. The highest BCUT2D eigenvalue weighted by atomic mass is 32.2. The summed E-state index contributed by atoms with van der Waals surface area (Å²) in [6.45, 7) is 0.0717. The quantitative estimate of drug-likeness (QED) is 0.352. The van der Waals surface area contributed by atoms with Gasteiger partial charge in [-0.3, -0.25) is 14.8 Å². The van der Waals surface area contributed by atoms with Crippen molar-refractivity contribution in [2.75, 3.05) is 0 Å². The molecule has 5 rings (SSSR count). The summed E-state index contributed by atoms with van der Waals surface area (Å²) in [5.74, 6) is -0.530. The third-order valence-corrected chi connectivity index (χ3v) is 8.00. The molecule has 0 spiro atoms. The maximum absolute atomic E-state index is 13.5. The molecule has 0 radical (unpaired) electrons. The van der Waals surface area contributed by atoms with Gasteiger partial charge in [0.05, 0.1) is 15.8 Å². The molecular weight excluding hydrogens is 543 g/mol. The van der Waals surface area contributed by atoms with Crippen molar-refractivity contribution in [3.63, 3.8) is 0 Å². The van der Waals surface area contributed by atoms with Crippen LogP contribution in [0, 0.1) is 0 Å². The zero-order valence-corrected chi connectivity index (χ0v) is 21.6. The van der Waals surface area contributed by atoms with E-state index in [1.807, 2.05) is 0 Å². The number of amides is 1. The number of alkyl halides is 3. The predicted octanol–water partition coefficient (Wildman–Crippen LogP) is 3.61. The number of rotatable bonds is 8. The molecular formula is C29H22F3N3O4S. The standard InChI is InChI=1S/C29H22F3N3O4S/c30-29(31,32)22-8-11-26(39-18-20-4-2-1-3-5-20)27(15-22)40(37,38)23-9-6-19(7-10-23)16-34-28(36)25-14-21-17-33-13-12-24(21)35-25/h1-15,17,25H,16,18H2,(H,34,36). The molecule has 1 amide bonds. The zero-order valence-electron chi connectivity index (χ0n) is 20.8. The highest BCUT2D eigenvalue weighted by Gasteiger charge is 2.34. The third kappa shape index (κ3) is 5.89. The number of ether oxygens (including phenoxy) is 1. The van der Waals surface area contributed by atoms with E-state index in [9.17, 15) is 26.4 Å². The molecule has 1 aromatic heterocycles. The van der Waals surface area contributed by atoms with Crippen LogP contribution in [0.5, 0.6) is 5.75 Å². The maximum Gasteiger partial charge on any atom is 0.416 e. The number of pyridine rings is 1. The van der Waals surface area contributed by atoms with Gasteiger partial charge in [0, 0.05) is 24.2 Å². The number of fused-ring (bicyclic) bond motifs is 1. The van der Waals surface area contributed by atoms with Crippen molar-refractivity contribution in [1.29, 1.82) is 0 Å². The number of nitrogens with one attached hydrogen (secondary N) is 1. The summed E-state index contributed by atoms with van der Waals surface area (Å²) in [4.78, 5) is 20.1. The minimum absolute atomic E-state index is 0.0281. The van der Waals surface area contributed by atoms with Crippen LogP contribution in [0.2, 0.25) is 0 Å². The Hall–Kier alpha value is -4.51. The minimum Gasteiger partial charge on any atom is -0.488 e. The lowest BCUT2D eigenvalue weighted by molar-refractivity contribution is -0.137. The summed E-state index contributed by atoms with van der Waals surface area (Å²) < 4.78 is 72.9. The Kier molecular flexibility index (Phi) is 7.40. The van der Waals surface area contributed by atoms with Crippen LogP contribution >= 0.6 is 0 Å². The van der Waals surface area contributed by atoms with E-state index in [0.29, 0.717) is 17.0 Å². The summed E-state index contributed by atoms with van der Waals surface area (Å²) in [7, 11) is -4.39. The van der Waals surface area contributed by atoms with Crippen molar-refractivity contribution in [3.05, 3.63) is 119 Å². The van der Waals surface area contributed by atoms with Crippen LogP contribution in [0.25, 0.3) is 6.08 Å². The number of nitrogens with zero attached hydrogens (tertiary/aromatic N) is 2. The first kappa shape index (κ1) is 27.1. The molecule has 1 aliphatic heterocycles. The Morgan fingerprint density at radius 1 is 0.950 bits per heavy atom. The normalized spacial score (nSPS) is 14.5. The summed E-state index contributed by atoms with van der Waals surface area (Å²) in [6, 6.07) is 17.8. The number of halogens is 3. The average molecular weight is 566 g/mol. The lowest BCUT2D eigenvalue weighted by Gasteiger charge is -2.15. The molecule has 1 atom stereocenters. The number of aromatic nitrogens is 1. The van der Waals surface area contributed by atoms with E-state index in [2.05, 4.69) is 15.3 Å². The highest BCUT2D eigenvalue weighted by Crippen LogP contribution is 2.37. The minimum atomic E-state index is -4.74. The fourth-order valence-corrected chi connectivity index (χ4v) is 5.52. The molecule has 7 nitrogen and oxygen atoms in total. The van der Waals surface area contributed by atoms with Crippen molar-refractivity contribution >= 4 is 21.8 Å². The van der Waals surface area contributed by atoms with Crippen LogP contribution in [0.4, 0.5) is 13.2 Å². The monoisotopic (exact) mass is 565 g/mol. The molecule has 0 fully saturated rings. The molecule has 40 heavy (non-hydrogen) atoms. The van der Waals surface area contributed by atoms with E-state index >= 15 is 0 Å². The number of hydrogen-bond donors (Lipinski definition) is 1. The van der Waals surface area contributed by atoms with Crippen molar-refractivity contribution in [2.45, 2.75) is 35.2 Å². The van der Waals surface area contributed by atoms with E-state index in [1.165, 1.54) is 24.3 Å². The lowest BCUT2D eigenvalue weighted by Crippen LogP contribution is -2.31. The number of sulfone groups is 1. The molecule has 11 heteroatoms. The zero-order chi connectivity index (χ0) is 28.3. The Labute approximate surface area is 227 Å². The molecule has 204 valence electrons. The second-order valence-electron chi connectivity index (χ2n) is 8.97. The van der Waals surface area contributed by atoms with Crippen molar-refractivity contribution in [3.8, 4) is 5.75 Å². The SMILES string of the molecule is O=C(NCc1ccc(S(=O)(=O)c2cc(C(F)(F)F)ccc2OCc2ccccc2)cc1)C1C=c2cnccc2=N1. The van der Waals surface area contributed by atoms with Gasteiger partial charge in [-0.2, -0.15) is 13.2 Å². The van der Waals surface area contributed by atoms with Crippen LogP contribution in [-0.4, -0.2) is 25.4 Å². The summed E-state index contributed by atoms with van der Waals surface area (Å²) >= 11 is 0. The van der Waals surface area contributed by atoms with E-state index in [0.717, 1.165) is 22.9 Å². The first-order valence-electron chi connectivity index (χ1n) is 12.1. The fourth-order valence-electron chi connectivity index (χ4n) is 4.09. The maximum atomic E-state index is 13.5. The molecule has 2 heterocycles. The third-order valence-electron chi connectivity index (χ3n) is 6.21. The number of benzene rings is 3. The van der Waals surface area contributed by atoms with Gasteiger partial charge in [0.2, 0.25) is 15.7 Å². The molecule has 1 aliphatic rings. The summed E-state index contributed by atoms with van der Waals surface area (Å²) in [5, 5.41) is 4.19. The number of carbonyl (C=O) groups is 1. The molecule has 1 unspecified atom stereocenters. The van der Waals surface area contributed by atoms with Crippen molar-refractivity contribution < 1.29 is 31.1 Å². The summed E-state index contributed by atoms with van der Waals surface area (Å²) in [6.07, 6.45) is 0.155. The largest absolute Gasteiger partial charge is 0.488 e. The first-order chi connectivity index (χ1) is 19.1. The van der Waals surface area contributed by atoms with E-state index < -0.39 is 32.5 Å². The molecule has 0 saturated carbocycles. The Morgan fingerprint density at radius 2 is 1.70 bits per heavy atom. The van der Waals surface area contributed by atoms with Gasteiger partial charge in [-0.25, -0.2) is 8.42 Å². The van der Waals surface area contributed by atoms with Crippen LogP contribution in [0.15, 0.2) is 106 Å². The molecule has 0 aliphatic carbocycles. The van der Waals surface area contributed by atoms with Gasteiger partial charge in [0.25, 0.3) is 0 Å². The second kappa shape index (κ2) is 10.9. The van der Waals surface area contributed by atoms with Gasteiger partial charge >= 0.3 is 6.18 Å². The average Bonchev–Trinajstić information content (AvgIpc) is 3.40. The Bertz CT molecular complexity index is 1740. The van der Waals surface area contributed by atoms with Crippen LogP contribution < -0.4 is 20.6 Å².